The number of benzene rings is 1. The van der Waals surface area contributed by atoms with Crippen molar-refractivity contribution in [2.45, 2.75) is 26.3 Å². The molecule has 23 heavy (non-hydrogen) atoms. The van der Waals surface area contributed by atoms with Gasteiger partial charge in [0.05, 0.1) is 0 Å². The molecule has 1 atom stereocenters. The lowest BCUT2D eigenvalue weighted by molar-refractivity contribution is -0.134. The van der Waals surface area contributed by atoms with E-state index in [0.717, 1.165) is 19.6 Å². The van der Waals surface area contributed by atoms with E-state index in [2.05, 4.69) is 34.5 Å². The fourth-order valence-electron chi connectivity index (χ4n) is 3.01. The first-order valence-corrected chi connectivity index (χ1v) is 7.86. The van der Waals surface area contributed by atoms with Gasteiger partial charge < -0.3 is 15.1 Å². The Hall–Kier alpha value is -0.970. The van der Waals surface area contributed by atoms with Crippen LogP contribution in [0, 0.1) is 5.92 Å². The highest BCUT2D eigenvalue weighted by atomic mass is 35.5. The molecule has 1 aliphatic rings. The zero-order valence-corrected chi connectivity index (χ0v) is 15.9. The van der Waals surface area contributed by atoms with Gasteiger partial charge in [0.15, 0.2) is 0 Å². The van der Waals surface area contributed by atoms with Crippen LogP contribution >= 0.6 is 24.8 Å². The molecule has 1 aliphatic heterocycles. The van der Waals surface area contributed by atoms with Crippen LogP contribution in [0.15, 0.2) is 24.3 Å². The van der Waals surface area contributed by atoms with Crippen LogP contribution in [0.5, 0.6) is 0 Å². The number of para-hydroxylation sites is 1. The third kappa shape index (κ3) is 5.87. The molecule has 1 saturated heterocycles. The Balaban J connectivity index is 0.00000242. The van der Waals surface area contributed by atoms with Crippen molar-refractivity contribution in [2.75, 3.05) is 38.6 Å². The summed E-state index contributed by atoms with van der Waals surface area (Å²) in [6.45, 7) is 5.63. The van der Waals surface area contributed by atoms with Crippen molar-refractivity contribution in [3.8, 4) is 0 Å². The number of nitrogens with zero attached hydrogens (tertiary/aromatic N) is 2. The number of nitrogens with one attached hydrogen (secondary N) is 1. The molecule has 0 spiro atoms. The monoisotopic (exact) mass is 361 g/mol. The minimum absolute atomic E-state index is 0. The second-order valence-corrected chi connectivity index (χ2v) is 5.98. The van der Waals surface area contributed by atoms with Crippen molar-refractivity contribution in [2.24, 2.45) is 5.92 Å². The summed E-state index contributed by atoms with van der Waals surface area (Å²) in [5.74, 6) is 0.208. The predicted octanol–water partition coefficient (Wildman–Crippen LogP) is 2.94. The summed E-state index contributed by atoms with van der Waals surface area (Å²) in [5, 5.41) is 3.07. The van der Waals surface area contributed by atoms with Crippen LogP contribution in [-0.4, -0.2) is 44.5 Å². The van der Waals surface area contributed by atoms with E-state index in [4.69, 9.17) is 0 Å². The van der Waals surface area contributed by atoms with E-state index < -0.39 is 0 Å². The Morgan fingerprint density at radius 1 is 1.26 bits per heavy atom. The zero-order valence-electron chi connectivity index (χ0n) is 14.2. The molecule has 1 N–H and O–H groups in total. The summed E-state index contributed by atoms with van der Waals surface area (Å²) in [7, 11) is 3.78. The number of hydrogen-bond donors (Lipinski definition) is 1. The fourth-order valence-corrected chi connectivity index (χ4v) is 3.01. The van der Waals surface area contributed by atoms with E-state index >= 15 is 0 Å². The Labute approximate surface area is 152 Å². The van der Waals surface area contributed by atoms with Crippen molar-refractivity contribution in [1.29, 1.82) is 0 Å². The molecule has 1 aromatic rings. The molecule has 1 fully saturated rings. The van der Waals surface area contributed by atoms with E-state index in [1.165, 1.54) is 24.1 Å². The predicted molar refractivity (Wildman–Crippen MR) is 102 cm³/mol. The SMILES string of the molecule is CNCC(C)C(=O)N(C)Cc1ccccc1N1CCCC1.Cl.Cl. The molecule has 0 aliphatic carbocycles. The Kier molecular flexibility index (Phi) is 10.3. The van der Waals surface area contributed by atoms with Gasteiger partial charge in [0.2, 0.25) is 5.91 Å². The van der Waals surface area contributed by atoms with Crippen molar-refractivity contribution >= 4 is 36.4 Å². The molecule has 0 aromatic heterocycles. The fraction of sp³-hybridized carbons (Fsp3) is 0.588. The quantitative estimate of drug-likeness (QED) is 0.845. The van der Waals surface area contributed by atoms with Gasteiger partial charge in [-0.15, -0.1) is 24.8 Å². The highest BCUT2D eigenvalue weighted by Crippen LogP contribution is 2.25. The molecular formula is C17H29Cl2N3O. The molecule has 4 nitrogen and oxygen atoms in total. The van der Waals surface area contributed by atoms with Crippen LogP contribution in [-0.2, 0) is 11.3 Å². The largest absolute Gasteiger partial charge is 0.371 e. The standard InChI is InChI=1S/C17H27N3O.2ClH/c1-14(12-18-2)17(21)19(3)13-15-8-4-5-9-16(15)20-10-6-7-11-20;;/h4-5,8-9,14,18H,6-7,10-13H2,1-3H3;2*1H. The van der Waals surface area contributed by atoms with Crippen LogP contribution < -0.4 is 10.2 Å². The zero-order chi connectivity index (χ0) is 15.2. The first-order chi connectivity index (χ1) is 10.1. The van der Waals surface area contributed by atoms with Gasteiger partial charge in [0.1, 0.15) is 0 Å². The van der Waals surface area contributed by atoms with Crippen LogP contribution in [0.1, 0.15) is 25.3 Å². The van der Waals surface area contributed by atoms with Gasteiger partial charge in [-0.1, -0.05) is 25.1 Å². The van der Waals surface area contributed by atoms with E-state index in [1.54, 1.807) is 0 Å². The third-order valence-corrected chi connectivity index (χ3v) is 4.15. The number of halogens is 2. The number of carbonyl (C=O) groups excluding carboxylic acids is 1. The second kappa shape index (κ2) is 10.7. The Bertz CT molecular complexity index is 479. The highest BCUT2D eigenvalue weighted by Gasteiger charge is 2.20. The average Bonchev–Trinajstić information content (AvgIpc) is 3.01. The Morgan fingerprint density at radius 3 is 2.48 bits per heavy atom. The van der Waals surface area contributed by atoms with Gasteiger partial charge in [0, 0.05) is 44.8 Å². The molecule has 1 unspecified atom stereocenters. The number of rotatable bonds is 6. The smallest absolute Gasteiger partial charge is 0.226 e. The molecule has 1 aromatic carbocycles. The Morgan fingerprint density at radius 2 is 1.87 bits per heavy atom. The summed E-state index contributed by atoms with van der Waals surface area (Å²) in [4.78, 5) is 16.6. The summed E-state index contributed by atoms with van der Waals surface area (Å²) in [5.41, 5.74) is 2.53. The second-order valence-electron chi connectivity index (χ2n) is 5.98. The van der Waals surface area contributed by atoms with Gasteiger partial charge in [-0.3, -0.25) is 4.79 Å². The van der Waals surface area contributed by atoms with Gasteiger partial charge in [-0.05, 0) is 31.5 Å². The molecule has 2 rings (SSSR count). The number of amides is 1. The molecule has 1 amide bonds. The molecule has 132 valence electrons. The van der Waals surface area contributed by atoms with Crippen molar-refractivity contribution in [3.05, 3.63) is 29.8 Å². The summed E-state index contributed by atoms with van der Waals surface area (Å²) in [6, 6.07) is 8.46. The minimum Gasteiger partial charge on any atom is -0.371 e. The third-order valence-electron chi connectivity index (χ3n) is 4.15. The van der Waals surface area contributed by atoms with Gasteiger partial charge in [-0.2, -0.15) is 0 Å². The number of carbonyl (C=O) groups is 1. The van der Waals surface area contributed by atoms with Crippen LogP contribution in [0.3, 0.4) is 0 Å². The van der Waals surface area contributed by atoms with Crippen molar-refractivity contribution < 1.29 is 4.79 Å². The van der Waals surface area contributed by atoms with Gasteiger partial charge in [0.25, 0.3) is 0 Å². The maximum Gasteiger partial charge on any atom is 0.226 e. The molecule has 1 heterocycles. The lowest BCUT2D eigenvalue weighted by Gasteiger charge is -2.26. The molecular weight excluding hydrogens is 333 g/mol. The van der Waals surface area contributed by atoms with Crippen LogP contribution in [0.25, 0.3) is 0 Å². The topological polar surface area (TPSA) is 35.6 Å². The lowest BCUT2D eigenvalue weighted by atomic mass is 10.1. The molecule has 0 saturated carbocycles. The first kappa shape index (κ1) is 22.0. The van der Waals surface area contributed by atoms with Crippen LogP contribution in [0.2, 0.25) is 0 Å². The van der Waals surface area contributed by atoms with Crippen molar-refractivity contribution in [3.63, 3.8) is 0 Å². The maximum absolute atomic E-state index is 12.3. The molecule has 0 bridgehead atoms. The van der Waals surface area contributed by atoms with E-state index in [1.807, 2.05) is 25.9 Å². The van der Waals surface area contributed by atoms with Gasteiger partial charge >= 0.3 is 0 Å². The number of anilines is 1. The molecule has 6 heteroatoms. The average molecular weight is 362 g/mol. The first-order valence-electron chi connectivity index (χ1n) is 7.86. The lowest BCUT2D eigenvalue weighted by Crippen LogP contribution is -2.36. The van der Waals surface area contributed by atoms with Crippen LogP contribution in [0.4, 0.5) is 5.69 Å². The van der Waals surface area contributed by atoms with E-state index in [0.29, 0.717) is 6.54 Å². The maximum atomic E-state index is 12.3. The summed E-state index contributed by atoms with van der Waals surface area (Å²) >= 11 is 0. The van der Waals surface area contributed by atoms with Crippen molar-refractivity contribution in [1.82, 2.24) is 10.2 Å². The summed E-state index contributed by atoms with van der Waals surface area (Å²) in [6.07, 6.45) is 2.53. The van der Waals surface area contributed by atoms with E-state index in [9.17, 15) is 4.79 Å². The molecule has 0 radical (unpaired) electrons. The van der Waals surface area contributed by atoms with E-state index in [-0.39, 0.29) is 36.6 Å². The summed E-state index contributed by atoms with van der Waals surface area (Å²) < 4.78 is 0. The highest BCUT2D eigenvalue weighted by molar-refractivity contribution is 5.85. The normalized spacial score (nSPS) is 14.7. The number of hydrogen-bond acceptors (Lipinski definition) is 3. The minimum atomic E-state index is 0. The van der Waals surface area contributed by atoms with Gasteiger partial charge in [-0.25, -0.2) is 0 Å².